The molecule has 33 heavy (non-hydrogen) atoms. The fraction of sp³-hybridized carbons (Fsp3) is 0.120. The molecule has 166 valence electrons. The van der Waals surface area contributed by atoms with E-state index in [4.69, 9.17) is 0 Å². The lowest BCUT2D eigenvalue weighted by molar-refractivity contribution is -0.113. The average molecular weight is 457 g/mol. The predicted molar refractivity (Wildman–Crippen MR) is 135 cm³/mol. The van der Waals surface area contributed by atoms with Crippen LogP contribution in [-0.4, -0.2) is 26.6 Å². The van der Waals surface area contributed by atoms with Gasteiger partial charge in [0.05, 0.1) is 5.75 Å². The Balaban J connectivity index is 1.50. The second kappa shape index (κ2) is 10.6. The van der Waals surface area contributed by atoms with Crippen LogP contribution in [0.1, 0.15) is 11.1 Å². The molecule has 0 unspecified atom stereocenters. The van der Waals surface area contributed by atoms with Gasteiger partial charge in [0.25, 0.3) is 0 Å². The van der Waals surface area contributed by atoms with Gasteiger partial charge < -0.3 is 16.0 Å². The van der Waals surface area contributed by atoms with Gasteiger partial charge in [0.1, 0.15) is 0 Å². The van der Waals surface area contributed by atoms with Gasteiger partial charge >= 0.3 is 0 Å². The quantitative estimate of drug-likeness (QED) is 0.293. The van der Waals surface area contributed by atoms with Crippen molar-refractivity contribution in [3.63, 3.8) is 0 Å². The molecular weight excluding hydrogens is 432 g/mol. The average Bonchev–Trinajstić information content (AvgIpc) is 2.81. The lowest BCUT2D eigenvalue weighted by Crippen LogP contribution is -2.15. The molecule has 0 aliphatic carbocycles. The van der Waals surface area contributed by atoms with Crippen LogP contribution in [0.2, 0.25) is 0 Å². The summed E-state index contributed by atoms with van der Waals surface area (Å²) in [6, 6.07) is 25.3. The maximum atomic E-state index is 12.6. The van der Waals surface area contributed by atoms with Crippen molar-refractivity contribution in [3.05, 3.63) is 90.0 Å². The van der Waals surface area contributed by atoms with E-state index < -0.39 is 0 Å². The first-order valence-corrected chi connectivity index (χ1v) is 11.4. The van der Waals surface area contributed by atoms with Gasteiger partial charge in [0.15, 0.2) is 5.16 Å². The maximum Gasteiger partial charge on any atom is 0.234 e. The Bertz CT molecular complexity index is 1170. The van der Waals surface area contributed by atoms with Crippen molar-refractivity contribution in [2.75, 3.05) is 21.7 Å². The summed E-state index contributed by atoms with van der Waals surface area (Å²) in [5.41, 5.74) is 4.64. The first kappa shape index (κ1) is 22.3. The van der Waals surface area contributed by atoms with Crippen LogP contribution in [0.3, 0.4) is 0 Å². The standard InChI is InChI=1S/C25H24N6OS/c1-17-13-14-18(2)21(15-17)28-22(32)16-33-25-30-23(26-19-9-5-3-6-10-19)29-24(31-25)27-20-11-7-4-8-12-20/h3-15H,16H2,1-2H3,(H,28,32)(H2,26,27,29,30,31). The molecule has 0 saturated carbocycles. The monoisotopic (exact) mass is 456 g/mol. The SMILES string of the molecule is Cc1ccc(C)c(NC(=O)CSc2nc(Nc3ccccc3)nc(Nc3ccccc3)n2)c1. The van der Waals surface area contributed by atoms with Gasteiger partial charge in [-0.05, 0) is 55.3 Å². The van der Waals surface area contributed by atoms with Crippen molar-refractivity contribution < 1.29 is 4.79 Å². The number of amides is 1. The largest absolute Gasteiger partial charge is 0.325 e. The molecule has 8 heteroatoms. The molecule has 1 aromatic heterocycles. The van der Waals surface area contributed by atoms with E-state index in [1.54, 1.807) is 0 Å². The van der Waals surface area contributed by atoms with E-state index >= 15 is 0 Å². The molecule has 1 amide bonds. The summed E-state index contributed by atoms with van der Waals surface area (Å²) in [6.45, 7) is 3.97. The first-order chi connectivity index (χ1) is 16.0. The number of aromatic nitrogens is 3. The summed E-state index contributed by atoms with van der Waals surface area (Å²) in [6.07, 6.45) is 0. The summed E-state index contributed by atoms with van der Waals surface area (Å²) >= 11 is 1.25. The van der Waals surface area contributed by atoms with Gasteiger partial charge in [-0.1, -0.05) is 60.3 Å². The summed E-state index contributed by atoms with van der Waals surface area (Å²) < 4.78 is 0. The van der Waals surface area contributed by atoms with Crippen LogP contribution in [0.25, 0.3) is 0 Å². The van der Waals surface area contributed by atoms with E-state index in [0.29, 0.717) is 17.1 Å². The zero-order valence-corrected chi connectivity index (χ0v) is 19.2. The van der Waals surface area contributed by atoms with E-state index in [9.17, 15) is 4.79 Å². The molecule has 4 rings (SSSR count). The predicted octanol–water partition coefficient (Wildman–Crippen LogP) is 5.71. The molecule has 0 saturated heterocycles. The number of anilines is 5. The summed E-state index contributed by atoms with van der Waals surface area (Å²) in [7, 11) is 0. The minimum Gasteiger partial charge on any atom is -0.325 e. The van der Waals surface area contributed by atoms with Crippen molar-refractivity contribution >= 4 is 46.6 Å². The van der Waals surface area contributed by atoms with Crippen LogP contribution >= 0.6 is 11.8 Å². The minimum absolute atomic E-state index is 0.121. The number of nitrogens with zero attached hydrogens (tertiary/aromatic N) is 3. The molecule has 3 N–H and O–H groups in total. The second-order valence-corrected chi connectivity index (χ2v) is 8.34. The number of aryl methyl sites for hydroxylation is 2. The zero-order valence-electron chi connectivity index (χ0n) is 18.4. The highest BCUT2D eigenvalue weighted by Crippen LogP contribution is 2.22. The summed E-state index contributed by atoms with van der Waals surface area (Å²) in [5.74, 6) is 0.843. The first-order valence-electron chi connectivity index (χ1n) is 10.5. The Labute approximate surface area is 197 Å². The third-order valence-electron chi connectivity index (χ3n) is 4.67. The van der Waals surface area contributed by atoms with Gasteiger partial charge in [0, 0.05) is 17.1 Å². The van der Waals surface area contributed by atoms with E-state index in [0.717, 1.165) is 28.2 Å². The van der Waals surface area contributed by atoms with Gasteiger partial charge in [-0.15, -0.1) is 0 Å². The smallest absolute Gasteiger partial charge is 0.234 e. The number of thioether (sulfide) groups is 1. The molecule has 0 aliphatic rings. The van der Waals surface area contributed by atoms with Crippen LogP contribution in [0, 0.1) is 13.8 Å². The molecule has 4 aromatic rings. The van der Waals surface area contributed by atoms with Gasteiger partial charge in [-0.2, -0.15) is 15.0 Å². The molecule has 0 aliphatic heterocycles. The molecule has 0 fully saturated rings. The molecule has 1 heterocycles. The summed E-state index contributed by atoms with van der Waals surface area (Å²) in [5, 5.41) is 9.80. The lowest BCUT2D eigenvalue weighted by Gasteiger charge is -2.11. The Hall–Kier alpha value is -3.91. The third-order valence-corrected chi connectivity index (χ3v) is 5.52. The van der Waals surface area contributed by atoms with Crippen LogP contribution in [-0.2, 0) is 4.79 Å². The number of rotatable bonds is 8. The number of carbonyl (C=O) groups excluding carboxylic acids is 1. The van der Waals surface area contributed by atoms with Crippen LogP contribution in [0.4, 0.5) is 29.0 Å². The Morgan fingerprint density at radius 3 is 1.94 bits per heavy atom. The third kappa shape index (κ3) is 6.54. The van der Waals surface area contributed by atoms with Crippen LogP contribution < -0.4 is 16.0 Å². The molecule has 0 spiro atoms. The Kier molecular flexibility index (Phi) is 7.16. The fourth-order valence-corrected chi connectivity index (χ4v) is 3.66. The molecule has 0 radical (unpaired) electrons. The van der Waals surface area contributed by atoms with Crippen molar-refractivity contribution in [2.45, 2.75) is 19.0 Å². The number of carbonyl (C=O) groups is 1. The van der Waals surface area contributed by atoms with E-state index in [2.05, 4.69) is 30.9 Å². The fourth-order valence-electron chi connectivity index (χ4n) is 3.02. The van der Waals surface area contributed by atoms with E-state index in [1.807, 2.05) is 92.7 Å². The minimum atomic E-state index is -0.121. The topological polar surface area (TPSA) is 91.8 Å². The normalized spacial score (nSPS) is 10.5. The zero-order chi connectivity index (χ0) is 23.0. The second-order valence-electron chi connectivity index (χ2n) is 7.40. The number of para-hydroxylation sites is 2. The van der Waals surface area contributed by atoms with Gasteiger partial charge in [-0.25, -0.2) is 0 Å². The molecule has 0 bridgehead atoms. The Morgan fingerprint density at radius 2 is 1.36 bits per heavy atom. The number of hydrogen-bond acceptors (Lipinski definition) is 7. The summed E-state index contributed by atoms with van der Waals surface area (Å²) in [4.78, 5) is 26.0. The molecule has 3 aromatic carbocycles. The van der Waals surface area contributed by atoms with E-state index in [-0.39, 0.29) is 11.7 Å². The van der Waals surface area contributed by atoms with Crippen LogP contribution in [0.5, 0.6) is 0 Å². The number of hydrogen-bond donors (Lipinski definition) is 3. The van der Waals surface area contributed by atoms with Crippen molar-refractivity contribution in [2.24, 2.45) is 0 Å². The van der Waals surface area contributed by atoms with E-state index in [1.165, 1.54) is 11.8 Å². The number of nitrogens with one attached hydrogen (secondary N) is 3. The van der Waals surface area contributed by atoms with Gasteiger partial charge in [0.2, 0.25) is 17.8 Å². The Morgan fingerprint density at radius 1 is 0.788 bits per heavy atom. The van der Waals surface area contributed by atoms with Crippen molar-refractivity contribution in [1.29, 1.82) is 0 Å². The highest BCUT2D eigenvalue weighted by atomic mass is 32.2. The highest BCUT2D eigenvalue weighted by Gasteiger charge is 2.12. The van der Waals surface area contributed by atoms with Crippen LogP contribution in [0.15, 0.2) is 84.0 Å². The van der Waals surface area contributed by atoms with Gasteiger partial charge in [-0.3, -0.25) is 4.79 Å². The van der Waals surface area contributed by atoms with Crippen molar-refractivity contribution in [1.82, 2.24) is 15.0 Å². The molecule has 7 nitrogen and oxygen atoms in total. The molecule has 0 atom stereocenters. The maximum absolute atomic E-state index is 12.6. The number of benzene rings is 3. The van der Waals surface area contributed by atoms with Crippen molar-refractivity contribution in [3.8, 4) is 0 Å². The molecular formula is C25H24N6OS. The lowest BCUT2D eigenvalue weighted by atomic mass is 10.1. The highest BCUT2D eigenvalue weighted by molar-refractivity contribution is 7.99.